The molecule has 10 heteroatoms. The van der Waals surface area contributed by atoms with Crippen LogP contribution < -0.4 is 21.4 Å². The quantitative estimate of drug-likeness (QED) is 0.591. The molecular weight excluding hydrogens is 425 g/mol. The summed E-state index contributed by atoms with van der Waals surface area (Å²) in [7, 11) is 1.56. The van der Waals surface area contributed by atoms with Gasteiger partial charge in [0, 0.05) is 18.3 Å². The standard InChI is InChI=1S/C22H23F3N4O3/c1-14(2)29-20(30)27-19(26-17-6-4-5-16(13-17)22(23,24)25)28(21(29)31)12-11-15-7-9-18(32-3)10-8-15/h4-10,13-14H,11-12H2,1-3H3,(H,26,27,30). The SMILES string of the molecule is COc1ccc(CCn2c(Nc3cccc(C(F)(F)F)c3)nc(=O)n(C(C)C)c2=O)cc1. The van der Waals surface area contributed by atoms with Crippen LogP contribution in [0, 0.1) is 0 Å². The lowest BCUT2D eigenvalue weighted by atomic mass is 10.1. The smallest absolute Gasteiger partial charge is 0.416 e. The van der Waals surface area contributed by atoms with E-state index in [-0.39, 0.29) is 18.2 Å². The van der Waals surface area contributed by atoms with Gasteiger partial charge >= 0.3 is 17.6 Å². The molecule has 0 unspecified atom stereocenters. The summed E-state index contributed by atoms with van der Waals surface area (Å²) in [5.74, 6) is 0.567. The van der Waals surface area contributed by atoms with E-state index in [1.54, 1.807) is 33.1 Å². The maximum absolute atomic E-state index is 13.1. The number of aromatic nitrogens is 3. The molecule has 32 heavy (non-hydrogen) atoms. The zero-order valence-electron chi connectivity index (χ0n) is 17.8. The zero-order chi connectivity index (χ0) is 23.5. The Morgan fingerprint density at radius 3 is 2.38 bits per heavy atom. The van der Waals surface area contributed by atoms with E-state index in [1.165, 1.54) is 16.7 Å². The zero-order valence-corrected chi connectivity index (χ0v) is 17.8. The molecule has 0 saturated heterocycles. The Morgan fingerprint density at radius 2 is 1.78 bits per heavy atom. The van der Waals surface area contributed by atoms with E-state index in [1.807, 2.05) is 12.1 Å². The normalized spacial score (nSPS) is 11.6. The Morgan fingerprint density at radius 1 is 1.09 bits per heavy atom. The summed E-state index contributed by atoms with van der Waals surface area (Å²) in [6, 6.07) is 11.3. The number of ether oxygens (including phenoxy) is 1. The van der Waals surface area contributed by atoms with E-state index in [0.29, 0.717) is 12.2 Å². The van der Waals surface area contributed by atoms with Crippen LogP contribution in [0.3, 0.4) is 0 Å². The van der Waals surface area contributed by atoms with Crippen LogP contribution in [0.1, 0.15) is 31.0 Å². The molecular formula is C22H23F3N4O3. The third-order valence-corrected chi connectivity index (χ3v) is 4.85. The fourth-order valence-electron chi connectivity index (χ4n) is 3.18. The summed E-state index contributed by atoms with van der Waals surface area (Å²) in [5.41, 5.74) is -1.26. The highest BCUT2D eigenvalue weighted by Gasteiger charge is 2.30. The number of rotatable bonds is 7. The molecule has 0 aliphatic rings. The minimum atomic E-state index is -4.53. The number of alkyl halides is 3. The lowest BCUT2D eigenvalue weighted by molar-refractivity contribution is -0.137. The largest absolute Gasteiger partial charge is 0.497 e. The molecule has 1 N–H and O–H groups in total. The van der Waals surface area contributed by atoms with Gasteiger partial charge in [-0.25, -0.2) is 14.2 Å². The topological polar surface area (TPSA) is 78.2 Å². The molecule has 0 radical (unpaired) electrons. The van der Waals surface area contributed by atoms with Crippen LogP contribution >= 0.6 is 0 Å². The second kappa shape index (κ2) is 9.29. The van der Waals surface area contributed by atoms with Gasteiger partial charge in [-0.2, -0.15) is 18.2 Å². The number of hydrogen-bond acceptors (Lipinski definition) is 5. The first kappa shape index (κ1) is 23.1. The van der Waals surface area contributed by atoms with Gasteiger partial charge < -0.3 is 10.1 Å². The van der Waals surface area contributed by atoms with Crippen LogP contribution in [0.5, 0.6) is 5.75 Å². The van der Waals surface area contributed by atoms with Crippen LogP contribution in [0.15, 0.2) is 58.1 Å². The van der Waals surface area contributed by atoms with Crippen molar-refractivity contribution in [2.75, 3.05) is 12.4 Å². The fourth-order valence-corrected chi connectivity index (χ4v) is 3.18. The lowest BCUT2D eigenvalue weighted by Gasteiger charge is -2.17. The molecule has 7 nitrogen and oxygen atoms in total. The molecule has 1 aromatic heterocycles. The minimum Gasteiger partial charge on any atom is -0.497 e. The average molecular weight is 448 g/mol. The Balaban J connectivity index is 1.99. The third kappa shape index (κ3) is 5.19. The second-order valence-corrected chi connectivity index (χ2v) is 7.42. The van der Waals surface area contributed by atoms with Crippen molar-refractivity contribution >= 4 is 11.6 Å². The molecule has 3 rings (SSSR count). The Kier molecular flexibility index (Phi) is 6.71. The number of hydrogen-bond donors (Lipinski definition) is 1. The van der Waals surface area contributed by atoms with Gasteiger partial charge in [0.15, 0.2) is 0 Å². The number of benzene rings is 2. The summed E-state index contributed by atoms with van der Waals surface area (Å²) >= 11 is 0. The average Bonchev–Trinajstić information content (AvgIpc) is 2.73. The molecule has 1 heterocycles. The van der Waals surface area contributed by atoms with Gasteiger partial charge in [-0.05, 0) is 56.2 Å². The summed E-state index contributed by atoms with van der Waals surface area (Å²) in [4.78, 5) is 29.4. The number of halogens is 3. The first-order valence-corrected chi connectivity index (χ1v) is 9.90. The minimum absolute atomic E-state index is 0.0617. The van der Waals surface area contributed by atoms with Crippen molar-refractivity contribution in [1.29, 1.82) is 0 Å². The van der Waals surface area contributed by atoms with Gasteiger partial charge in [-0.3, -0.25) is 4.57 Å². The fraction of sp³-hybridized carbons (Fsp3) is 0.318. The number of methoxy groups -OCH3 is 1. The van der Waals surface area contributed by atoms with Crippen molar-refractivity contribution in [3.8, 4) is 5.75 Å². The Bertz CT molecular complexity index is 1200. The van der Waals surface area contributed by atoms with E-state index < -0.39 is 29.2 Å². The van der Waals surface area contributed by atoms with Crippen LogP contribution in [0.2, 0.25) is 0 Å². The number of nitrogens with one attached hydrogen (secondary N) is 1. The first-order valence-electron chi connectivity index (χ1n) is 9.90. The maximum Gasteiger partial charge on any atom is 0.416 e. The highest BCUT2D eigenvalue weighted by molar-refractivity contribution is 5.54. The van der Waals surface area contributed by atoms with Crippen LogP contribution in [0.25, 0.3) is 0 Å². The Labute approximate surface area is 182 Å². The predicted octanol–water partition coefficient (Wildman–Crippen LogP) is 4.00. The Hall–Kier alpha value is -3.56. The number of aryl methyl sites for hydroxylation is 1. The van der Waals surface area contributed by atoms with Crippen LogP contribution in [-0.2, 0) is 19.1 Å². The van der Waals surface area contributed by atoms with Crippen molar-refractivity contribution in [2.45, 2.75) is 39.0 Å². The molecule has 0 saturated carbocycles. The van der Waals surface area contributed by atoms with E-state index in [0.717, 1.165) is 22.3 Å². The molecule has 0 aliphatic carbocycles. The predicted molar refractivity (Wildman–Crippen MR) is 115 cm³/mol. The number of nitrogens with zero attached hydrogens (tertiary/aromatic N) is 3. The lowest BCUT2D eigenvalue weighted by Crippen LogP contribution is -2.43. The van der Waals surface area contributed by atoms with Gasteiger partial charge in [0.1, 0.15) is 5.75 Å². The molecule has 0 amide bonds. The van der Waals surface area contributed by atoms with Gasteiger partial charge in [0.2, 0.25) is 5.95 Å². The monoisotopic (exact) mass is 448 g/mol. The first-order chi connectivity index (χ1) is 15.1. The summed E-state index contributed by atoms with van der Waals surface area (Å²) in [6.07, 6.45) is -4.10. The number of anilines is 2. The molecule has 170 valence electrons. The van der Waals surface area contributed by atoms with Gasteiger partial charge in [-0.15, -0.1) is 0 Å². The molecule has 0 aliphatic heterocycles. The van der Waals surface area contributed by atoms with Crippen molar-refractivity contribution in [3.05, 3.63) is 80.6 Å². The molecule has 0 spiro atoms. The van der Waals surface area contributed by atoms with E-state index in [9.17, 15) is 22.8 Å². The van der Waals surface area contributed by atoms with E-state index in [2.05, 4.69) is 10.3 Å². The summed E-state index contributed by atoms with van der Waals surface area (Å²) < 4.78 is 46.6. The highest BCUT2D eigenvalue weighted by Crippen LogP contribution is 2.31. The summed E-state index contributed by atoms with van der Waals surface area (Å²) in [6.45, 7) is 3.52. The van der Waals surface area contributed by atoms with Gasteiger partial charge in [0.25, 0.3) is 0 Å². The highest BCUT2D eigenvalue weighted by atomic mass is 19.4. The molecule has 0 atom stereocenters. The van der Waals surface area contributed by atoms with Crippen molar-refractivity contribution in [2.24, 2.45) is 0 Å². The second-order valence-electron chi connectivity index (χ2n) is 7.42. The molecule has 0 bridgehead atoms. The molecule has 0 fully saturated rings. The van der Waals surface area contributed by atoms with Crippen LogP contribution in [0.4, 0.5) is 24.8 Å². The van der Waals surface area contributed by atoms with Crippen molar-refractivity contribution < 1.29 is 17.9 Å². The molecule has 3 aromatic rings. The molecule has 2 aromatic carbocycles. The van der Waals surface area contributed by atoms with Gasteiger partial charge in [-0.1, -0.05) is 18.2 Å². The van der Waals surface area contributed by atoms with Gasteiger partial charge in [0.05, 0.1) is 12.7 Å². The van der Waals surface area contributed by atoms with E-state index in [4.69, 9.17) is 4.74 Å². The van der Waals surface area contributed by atoms with Crippen LogP contribution in [-0.4, -0.2) is 21.2 Å². The third-order valence-electron chi connectivity index (χ3n) is 4.85. The maximum atomic E-state index is 13.1. The van der Waals surface area contributed by atoms with Crippen molar-refractivity contribution in [3.63, 3.8) is 0 Å². The van der Waals surface area contributed by atoms with Crippen molar-refractivity contribution in [1.82, 2.24) is 14.1 Å². The summed E-state index contributed by atoms with van der Waals surface area (Å²) in [5, 5.41) is 2.71. The van der Waals surface area contributed by atoms with E-state index >= 15 is 0 Å².